The van der Waals surface area contributed by atoms with Crippen molar-refractivity contribution in [3.05, 3.63) is 89.5 Å². The molecule has 30 heavy (non-hydrogen) atoms. The summed E-state index contributed by atoms with van der Waals surface area (Å²) in [5, 5.41) is 5.27. The monoisotopic (exact) mass is 439 g/mol. The molecule has 0 saturated carbocycles. The summed E-state index contributed by atoms with van der Waals surface area (Å²) in [4.78, 5) is 17.8. The van der Waals surface area contributed by atoms with E-state index in [1.807, 2.05) is 36.5 Å². The number of esters is 1. The molecule has 0 aliphatic carbocycles. The van der Waals surface area contributed by atoms with Crippen molar-refractivity contribution < 1.29 is 13.9 Å². The number of methoxy groups -OCH3 is 1. The summed E-state index contributed by atoms with van der Waals surface area (Å²) < 4.78 is 20.8. The predicted octanol–water partition coefficient (Wildman–Crippen LogP) is 5.66. The van der Waals surface area contributed by atoms with Gasteiger partial charge >= 0.3 is 5.97 Å². The molecule has 2 heterocycles. The highest BCUT2D eigenvalue weighted by Crippen LogP contribution is 2.36. The lowest BCUT2D eigenvalue weighted by molar-refractivity contribution is 0.0595. The van der Waals surface area contributed by atoms with Crippen LogP contribution in [0.15, 0.2) is 82.8 Å². The number of nitrogens with zero attached hydrogens (tertiary/aromatic N) is 3. The maximum absolute atomic E-state index is 14.5. The molecule has 4 aromatic rings. The van der Waals surface area contributed by atoms with Crippen LogP contribution in [0, 0.1) is 5.82 Å². The molecule has 8 heteroatoms. The van der Waals surface area contributed by atoms with Crippen LogP contribution in [0.25, 0.3) is 17.1 Å². The Hall–Kier alpha value is -3.16. The van der Waals surface area contributed by atoms with Gasteiger partial charge in [-0.05, 0) is 48.5 Å². The normalized spacial score (nSPS) is 10.8. The summed E-state index contributed by atoms with van der Waals surface area (Å²) in [7, 11) is 1.21. The van der Waals surface area contributed by atoms with Gasteiger partial charge in [0.25, 0.3) is 0 Å². The fourth-order valence-corrected chi connectivity index (χ4v) is 3.87. The zero-order valence-corrected chi connectivity index (χ0v) is 17.3. The summed E-state index contributed by atoms with van der Waals surface area (Å²) in [6.07, 6.45) is 3.51. The molecule has 0 bridgehead atoms. The maximum atomic E-state index is 14.5. The molecular weight excluding hydrogens is 425 g/mol. The molecule has 4 rings (SSSR count). The largest absolute Gasteiger partial charge is 0.465 e. The Morgan fingerprint density at radius 1 is 1.13 bits per heavy atom. The van der Waals surface area contributed by atoms with Gasteiger partial charge in [0.15, 0.2) is 5.82 Å². The second-order valence-corrected chi connectivity index (χ2v) is 7.77. The number of rotatable bonds is 5. The average molecular weight is 440 g/mol. The molecule has 2 aromatic carbocycles. The Morgan fingerprint density at radius 3 is 2.60 bits per heavy atom. The fraction of sp³-hybridized carbons (Fsp3) is 0.0455. The summed E-state index contributed by atoms with van der Waals surface area (Å²) in [5.74, 6) is -0.767. The fourth-order valence-electron chi connectivity index (χ4n) is 2.81. The van der Waals surface area contributed by atoms with Crippen molar-refractivity contribution in [1.82, 2.24) is 14.8 Å². The van der Waals surface area contributed by atoms with Crippen LogP contribution in [0.4, 0.5) is 4.39 Å². The van der Waals surface area contributed by atoms with E-state index in [1.54, 1.807) is 29.1 Å². The molecular formula is C22H15ClFN3O2S. The Labute approximate surface area is 181 Å². The number of carbonyl (C=O) groups is 1. The lowest BCUT2D eigenvalue weighted by Gasteiger charge is -2.05. The average Bonchev–Trinajstić information content (AvgIpc) is 3.19. The Kier molecular flexibility index (Phi) is 5.83. The lowest BCUT2D eigenvalue weighted by Crippen LogP contribution is -2.04. The Balaban J connectivity index is 1.79. The van der Waals surface area contributed by atoms with Gasteiger partial charge in [-0.15, -0.1) is 0 Å². The van der Waals surface area contributed by atoms with E-state index in [2.05, 4.69) is 14.8 Å². The summed E-state index contributed by atoms with van der Waals surface area (Å²) in [5.41, 5.74) is 0.972. The van der Waals surface area contributed by atoms with Gasteiger partial charge in [0, 0.05) is 27.9 Å². The number of pyridine rings is 1. The molecule has 150 valence electrons. The quantitative estimate of drug-likeness (QED) is 0.375. The molecule has 0 spiro atoms. The van der Waals surface area contributed by atoms with Crippen molar-refractivity contribution in [3.63, 3.8) is 0 Å². The molecule has 0 aliphatic rings. The number of benzene rings is 2. The first kappa shape index (κ1) is 20.1. The Morgan fingerprint density at radius 2 is 1.93 bits per heavy atom. The van der Waals surface area contributed by atoms with Crippen molar-refractivity contribution in [2.75, 3.05) is 7.11 Å². The van der Waals surface area contributed by atoms with Crippen LogP contribution in [-0.2, 0) is 4.74 Å². The molecule has 5 nitrogen and oxygen atoms in total. The van der Waals surface area contributed by atoms with E-state index in [4.69, 9.17) is 11.6 Å². The summed E-state index contributed by atoms with van der Waals surface area (Å²) >= 11 is 7.45. The highest BCUT2D eigenvalue weighted by Gasteiger charge is 2.18. The van der Waals surface area contributed by atoms with Gasteiger partial charge in [-0.2, -0.15) is 5.10 Å². The van der Waals surface area contributed by atoms with Crippen molar-refractivity contribution in [2.24, 2.45) is 0 Å². The molecule has 0 radical (unpaired) electrons. The van der Waals surface area contributed by atoms with Gasteiger partial charge in [0.05, 0.1) is 17.6 Å². The molecule has 0 unspecified atom stereocenters. The minimum Gasteiger partial charge on any atom is -0.465 e. The van der Waals surface area contributed by atoms with Crippen LogP contribution < -0.4 is 0 Å². The van der Waals surface area contributed by atoms with E-state index in [0.717, 1.165) is 9.79 Å². The highest BCUT2D eigenvalue weighted by molar-refractivity contribution is 7.99. The van der Waals surface area contributed by atoms with Crippen molar-refractivity contribution >= 4 is 29.3 Å². The number of ether oxygens (including phenoxy) is 1. The molecule has 0 fully saturated rings. The first-order valence-corrected chi connectivity index (χ1v) is 10.1. The van der Waals surface area contributed by atoms with Gasteiger partial charge in [-0.3, -0.25) is 0 Å². The molecule has 0 saturated heterocycles. The van der Waals surface area contributed by atoms with Crippen LogP contribution in [0.3, 0.4) is 0 Å². The van der Waals surface area contributed by atoms with Crippen LogP contribution in [-0.4, -0.2) is 27.8 Å². The zero-order chi connectivity index (χ0) is 21.1. The van der Waals surface area contributed by atoms with Gasteiger partial charge in [-0.1, -0.05) is 35.5 Å². The molecule has 2 aromatic heterocycles. The minimum atomic E-state index is -0.728. The Bertz CT molecular complexity index is 1200. The van der Waals surface area contributed by atoms with E-state index >= 15 is 0 Å². The first-order chi connectivity index (χ1) is 14.5. The van der Waals surface area contributed by atoms with E-state index in [9.17, 15) is 9.18 Å². The second kappa shape index (κ2) is 8.69. The second-order valence-electron chi connectivity index (χ2n) is 6.22. The van der Waals surface area contributed by atoms with Crippen molar-refractivity contribution in [2.45, 2.75) is 9.79 Å². The zero-order valence-electron chi connectivity index (χ0n) is 15.8. The third-order valence-corrected chi connectivity index (χ3v) is 5.53. The van der Waals surface area contributed by atoms with Crippen LogP contribution in [0.1, 0.15) is 10.4 Å². The van der Waals surface area contributed by atoms with Crippen LogP contribution in [0.2, 0.25) is 5.02 Å². The number of halogens is 2. The smallest absolute Gasteiger partial charge is 0.340 e. The van der Waals surface area contributed by atoms with E-state index < -0.39 is 11.8 Å². The first-order valence-electron chi connectivity index (χ1n) is 8.88. The lowest BCUT2D eigenvalue weighted by atomic mass is 10.1. The van der Waals surface area contributed by atoms with E-state index in [1.165, 1.54) is 31.0 Å². The van der Waals surface area contributed by atoms with Crippen molar-refractivity contribution in [1.29, 1.82) is 0 Å². The van der Waals surface area contributed by atoms with Gasteiger partial charge < -0.3 is 4.74 Å². The summed E-state index contributed by atoms with van der Waals surface area (Å²) in [6, 6.07) is 17.2. The number of hydrogen-bond acceptors (Lipinski definition) is 5. The van der Waals surface area contributed by atoms with E-state index in [0.29, 0.717) is 22.1 Å². The van der Waals surface area contributed by atoms with Gasteiger partial charge in [-0.25, -0.2) is 18.9 Å². The van der Waals surface area contributed by atoms with Crippen LogP contribution >= 0.6 is 23.4 Å². The molecule has 0 amide bonds. The van der Waals surface area contributed by atoms with Crippen molar-refractivity contribution in [3.8, 4) is 17.1 Å². The highest BCUT2D eigenvalue weighted by atomic mass is 35.5. The molecule has 0 atom stereocenters. The topological polar surface area (TPSA) is 57.0 Å². The minimum absolute atomic E-state index is 0.127. The third-order valence-electron chi connectivity index (χ3n) is 4.25. The number of carbonyl (C=O) groups excluding carboxylic acids is 1. The summed E-state index contributed by atoms with van der Waals surface area (Å²) in [6.45, 7) is 0. The van der Waals surface area contributed by atoms with Crippen LogP contribution in [0.5, 0.6) is 0 Å². The number of aromatic nitrogens is 3. The molecule has 0 aliphatic heterocycles. The third kappa shape index (κ3) is 4.22. The predicted molar refractivity (Wildman–Crippen MR) is 114 cm³/mol. The van der Waals surface area contributed by atoms with E-state index in [-0.39, 0.29) is 5.56 Å². The standard InChI is InChI=1S/C22H15ClFN3O2S/c1-29-22(28)17-10-5-14(12-18(17)24)21-19(30-16-8-6-15(23)7-9-16)13-27(26-21)20-4-2-3-11-25-20/h2-13H,1H3. The van der Waals surface area contributed by atoms with Gasteiger partial charge in [0.2, 0.25) is 0 Å². The van der Waals surface area contributed by atoms with Gasteiger partial charge in [0.1, 0.15) is 11.5 Å². The maximum Gasteiger partial charge on any atom is 0.340 e. The number of hydrogen-bond donors (Lipinski definition) is 0. The SMILES string of the molecule is COC(=O)c1ccc(-c2nn(-c3ccccn3)cc2Sc2ccc(Cl)cc2)cc1F. The molecule has 0 N–H and O–H groups in total.